The summed E-state index contributed by atoms with van der Waals surface area (Å²) in [6, 6.07) is 13.9. The molecule has 0 saturated carbocycles. The number of phenols is 1. The molecular formula is C17H14N4OS3. The lowest BCUT2D eigenvalue weighted by Gasteiger charge is -2.13. The summed E-state index contributed by atoms with van der Waals surface area (Å²) in [6.45, 7) is 0. The number of anilines is 1. The van der Waals surface area contributed by atoms with Gasteiger partial charge in [0.05, 0.1) is 14.8 Å². The average Bonchev–Trinajstić information content (AvgIpc) is 3.28. The van der Waals surface area contributed by atoms with Crippen LogP contribution in [-0.4, -0.2) is 19.9 Å². The van der Waals surface area contributed by atoms with Gasteiger partial charge in [0, 0.05) is 17.8 Å². The Morgan fingerprint density at radius 1 is 1.16 bits per heavy atom. The number of nitrogens with zero attached hydrogens (tertiary/aromatic N) is 3. The number of fused-ring (bicyclic) bond motifs is 1. The van der Waals surface area contributed by atoms with E-state index in [4.69, 9.17) is 0 Å². The Balaban J connectivity index is 1.75. The molecule has 0 radical (unpaired) electrons. The van der Waals surface area contributed by atoms with Gasteiger partial charge in [-0.05, 0) is 41.2 Å². The highest BCUT2D eigenvalue weighted by Crippen LogP contribution is 2.43. The molecule has 0 atom stereocenters. The molecule has 25 heavy (non-hydrogen) atoms. The van der Waals surface area contributed by atoms with Crippen molar-refractivity contribution in [3.05, 3.63) is 54.2 Å². The number of aromatic hydroxyl groups is 1. The summed E-state index contributed by atoms with van der Waals surface area (Å²) in [7, 11) is 1.88. The van der Waals surface area contributed by atoms with E-state index < -0.39 is 0 Å². The minimum absolute atomic E-state index is 0.260. The predicted octanol–water partition coefficient (Wildman–Crippen LogP) is 5.01. The molecule has 2 N–H and O–H groups in total. The standard InChI is InChI=1S/C17H14N4OS3/c1-21-10-18-19-17(21)24-14-9-13(20-25-15-7-4-8-23-15)11-5-2-3-6-12(11)16(14)22/h2-10,20,22H,1H3. The monoisotopic (exact) mass is 386 g/mol. The van der Waals surface area contributed by atoms with E-state index in [-0.39, 0.29) is 5.75 Å². The third-order valence-electron chi connectivity index (χ3n) is 3.61. The molecule has 0 unspecified atom stereocenters. The zero-order chi connectivity index (χ0) is 17.2. The minimum atomic E-state index is 0.260. The molecule has 2 aromatic heterocycles. The van der Waals surface area contributed by atoms with Crippen molar-refractivity contribution < 1.29 is 5.11 Å². The van der Waals surface area contributed by atoms with E-state index in [1.807, 2.05) is 53.4 Å². The summed E-state index contributed by atoms with van der Waals surface area (Å²) >= 11 is 4.64. The fourth-order valence-corrected chi connectivity index (χ4v) is 4.70. The van der Waals surface area contributed by atoms with Crippen molar-refractivity contribution in [2.45, 2.75) is 14.3 Å². The summed E-state index contributed by atoms with van der Waals surface area (Å²) in [6.07, 6.45) is 1.65. The number of aromatic nitrogens is 3. The van der Waals surface area contributed by atoms with Gasteiger partial charge in [-0.1, -0.05) is 30.3 Å². The number of rotatable bonds is 5. The number of nitrogens with one attached hydrogen (secondary N) is 1. The SMILES string of the molecule is Cn1cnnc1Sc1cc(NSc2cccs2)c2ccccc2c1O. The maximum atomic E-state index is 10.7. The Kier molecular flexibility index (Phi) is 4.56. The smallest absolute Gasteiger partial charge is 0.195 e. The highest BCUT2D eigenvalue weighted by molar-refractivity contribution is 8.02. The van der Waals surface area contributed by atoms with Crippen LogP contribution in [0.1, 0.15) is 0 Å². The third kappa shape index (κ3) is 3.33. The van der Waals surface area contributed by atoms with Crippen LogP contribution in [0.2, 0.25) is 0 Å². The van der Waals surface area contributed by atoms with Crippen LogP contribution in [0.5, 0.6) is 5.75 Å². The van der Waals surface area contributed by atoms with E-state index in [1.165, 1.54) is 16.0 Å². The van der Waals surface area contributed by atoms with Gasteiger partial charge in [0.25, 0.3) is 0 Å². The molecule has 5 nitrogen and oxygen atoms in total. The van der Waals surface area contributed by atoms with Gasteiger partial charge in [0.2, 0.25) is 0 Å². The van der Waals surface area contributed by atoms with Crippen LogP contribution in [0.3, 0.4) is 0 Å². The predicted molar refractivity (Wildman–Crippen MR) is 105 cm³/mol. The molecule has 8 heteroatoms. The summed E-state index contributed by atoms with van der Waals surface area (Å²) in [4.78, 5) is 0.740. The molecule has 0 spiro atoms. The number of aryl methyl sites for hydroxylation is 1. The first-order valence-electron chi connectivity index (χ1n) is 7.45. The van der Waals surface area contributed by atoms with Gasteiger partial charge in [0.1, 0.15) is 12.1 Å². The summed E-state index contributed by atoms with van der Waals surface area (Å²) in [5.74, 6) is 0.260. The lowest BCUT2D eigenvalue weighted by molar-refractivity contribution is 0.469. The van der Waals surface area contributed by atoms with E-state index in [2.05, 4.69) is 21.0 Å². The van der Waals surface area contributed by atoms with Crippen LogP contribution in [0, 0.1) is 0 Å². The van der Waals surface area contributed by atoms with Gasteiger partial charge < -0.3 is 14.4 Å². The topological polar surface area (TPSA) is 63.0 Å². The Labute approximate surface area is 157 Å². The first-order valence-corrected chi connectivity index (χ1v) is 9.96. The molecule has 0 fully saturated rings. The lowest BCUT2D eigenvalue weighted by atomic mass is 10.1. The Morgan fingerprint density at radius 3 is 2.72 bits per heavy atom. The van der Waals surface area contributed by atoms with Gasteiger partial charge >= 0.3 is 0 Å². The van der Waals surface area contributed by atoms with Crippen LogP contribution in [0.4, 0.5) is 5.69 Å². The second-order valence-corrected chi connectivity index (χ2v) is 8.34. The average molecular weight is 387 g/mol. The highest BCUT2D eigenvalue weighted by Gasteiger charge is 2.15. The molecule has 0 aliphatic carbocycles. The van der Waals surface area contributed by atoms with E-state index in [0.717, 1.165) is 26.5 Å². The summed E-state index contributed by atoms with van der Waals surface area (Å²) in [5, 5.41) is 23.3. The molecule has 2 aromatic carbocycles. The molecule has 126 valence electrons. The van der Waals surface area contributed by atoms with E-state index in [1.54, 1.807) is 29.6 Å². The van der Waals surface area contributed by atoms with Crippen LogP contribution in [0.25, 0.3) is 10.8 Å². The van der Waals surface area contributed by atoms with Crippen LogP contribution in [0.15, 0.2) is 68.4 Å². The van der Waals surface area contributed by atoms with Crippen molar-refractivity contribution in [1.82, 2.24) is 14.8 Å². The third-order valence-corrected chi connectivity index (χ3v) is 6.55. The van der Waals surface area contributed by atoms with Crippen molar-refractivity contribution in [2.24, 2.45) is 7.05 Å². The van der Waals surface area contributed by atoms with Crippen LogP contribution < -0.4 is 4.72 Å². The largest absolute Gasteiger partial charge is 0.506 e. The van der Waals surface area contributed by atoms with Gasteiger partial charge in [0.15, 0.2) is 5.16 Å². The quantitative estimate of drug-likeness (QED) is 0.371. The Hall–Kier alpha value is -2.16. The number of phenolic OH excluding ortho intramolecular Hbond substituents is 1. The summed E-state index contributed by atoms with van der Waals surface area (Å²) < 4.78 is 6.42. The first kappa shape index (κ1) is 16.3. The van der Waals surface area contributed by atoms with E-state index in [9.17, 15) is 5.11 Å². The number of hydrogen-bond acceptors (Lipinski definition) is 7. The second kappa shape index (κ2) is 6.99. The number of benzene rings is 2. The fourth-order valence-electron chi connectivity index (χ4n) is 2.39. The lowest BCUT2D eigenvalue weighted by Crippen LogP contribution is -1.92. The Morgan fingerprint density at radius 2 is 2.00 bits per heavy atom. The van der Waals surface area contributed by atoms with Crippen molar-refractivity contribution >= 4 is 51.5 Å². The van der Waals surface area contributed by atoms with Gasteiger partial charge in [-0.25, -0.2) is 0 Å². The van der Waals surface area contributed by atoms with E-state index >= 15 is 0 Å². The number of hydrogen-bond donors (Lipinski definition) is 2. The van der Waals surface area contributed by atoms with Crippen LogP contribution in [-0.2, 0) is 7.05 Å². The van der Waals surface area contributed by atoms with Crippen LogP contribution >= 0.6 is 35.0 Å². The normalized spacial score (nSPS) is 11.1. The summed E-state index contributed by atoms with van der Waals surface area (Å²) in [5.41, 5.74) is 0.955. The molecular weight excluding hydrogens is 372 g/mol. The zero-order valence-corrected chi connectivity index (χ0v) is 15.7. The van der Waals surface area contributed by atoms with Crippen molar-refractivity contribution in [3.8, 4) is 5.75 Å². The Bertz CT molecular complexity index is 1010. The molecule has 4 rings (SSSR count). The molecule has 0 bridgehead atoms. The van der Waals surface area contributed by atoms with E-state index in [0.29, 0.717) is 0 Å². The van der Waals surface area contributed by atoms with Gasteiger partial charge in [-0.3, -0.25) is 0 Å². The number of thiophene rings is 1. The minimum Gasteiger partial charge on any atom is -0.506 e. The van der Waals surface area contributed by atoms with Crippen molar-refractivity contribution in [3.63, 3.8) is 0 Å². The fraction of sp³-hybridized carbons (Fsp3) is 0.0588. The highest BCUT2D eigenvalue weighted by atomic mass is 32.2. The maximum Gasteiger partial charge on any atom is 0.195 e. The molecule has 0 saturated heterocycles. The maximum absolute atomic E-state index is 10.7. The van der Waals surface area contributed by atoms with Crippen molar-refractivity contribution in [1.29, 1.82) is 0 Å². The molecule has 2 heterocycles. The molecule has 4 aromatic rings. The van der Waals surface area contributed by atoms with Crippen molar-refractivity contribution in [2.75, 3.05) is 4.72 Å². The van der Waals surface area contributed by atoms with Gasteiger partial charge in [-0.2, -0.15) is 0 Å². The second-order valence-electron chi connectivity index (χ2n) is 5.28. The zero-order valence-electron chi connectivity index (χ0n) is 13.2. The molecule has 0 aliphatic rings. The first-order chi connectivity index (χ1) is 12.2. The molecule has 0 amide bonds. The van der Waals surface area contributed by atoms with Gasteiger partial charge in [-0.15, -0.1) is 21.5 Å². The molecule has 0 aliphatic heterocycles.